The third kappa shape index (κ3) is 4.80. The first-order chi connectivity index (χ1) is 8.95. The van der Waals surface area contributed by atoms with Crippen molar-refractivity contribution in [3.63, 3.8) is 0 Å². The van der Waals surface area contributed by atoms with Crippen LogP contribution in [0.5, 0.6) is 5.75 Å². The molecule has 0 aliphatic carbocycles. The molecule has 1 rings (SSSR count). The first-order valence-electron chi connectivity index (χ1n) is 6.83. The minimum absolute atomic E-state index is 0.0144. The van der Waals surface area contributed by atoms with Crippen molar-refractivity contribution >= 4 is 0 Å². The van der Waals surface area contributed by atoms with Gasteiger partial charge in [0.05, 0.1) is 0 Å². The minimum atomic E-state index is -0.335. The molecule has 1 atom stereocenters. The van der Waals surface area contributed by atoms with Gasteiger partial charge in [-0.3, -0.25) is 4.90 Å². The van der Waals surface area contributed by atoms with E-state index in [2.05, 4.69) is 16.7 Å². The third-order valence-electron chi connectivity index (χ3n) is 3.33. The van der Waals surface area contributed by atoms with Crippen LogP contribution in [0, 0.1) is 5.82 Å². The predicted molar refractivity (Wildman–Crippen MR) is 76.9 cm³/mol. The van der Waals surface area contributed by atoms with Gasteiger partial charge in [0.15, 0.2) is 0 Å². The van der Waals surface area contributed by atoms with Crippen LogP contribution in [0.3, 0.4) is 0 Å². The van der Waals surface area contributed by atoms with E-state index in [-0.39, 0.29) is 17.6 Å². The Labute approximate surface area is 115 Å². The number of hydrogen-bond donors (Lipinski definition) is 1. The number of aromatic hydroxyl groups is 1. The maximum absolute atomic E-state index is 13.9. The van der Waals surface area contributed by atoms with Crippen LogP contribution >= 0.6 is 0 Å². The SMILES string of the molecule is CCCN(CCN(C)C)C(C)c1ccc(O)cc1F. The molecule has 1 unspecified atom stereocenters. The standard InChI is InChI=1S/C15H25FN2O/c1-5-8-18(10-9-17(3)4)12(2)14-7-6-13(19)11-15(14)16/h6-7,11-12,19H,5,8-10H2,1-4H3. The molecule has 0 radical (unpaired) electrons. The highest BCUT2D eigenvalue weighted by Gasteiger charge is 2.18. The van der Waals surface area contributed by atoms with Crippen molar-refractivity contribution in [2.24, 2.45) is 0 Å². The Morgan fingerprint density at radius 3 is 2.42 bits per heavy atom. The molecule has 0 saturated carbocycles. The van der Waals surface area contributed by atoms with Crippen LogP contribution in [0.25, 0.3) is 0 Å². The summed E-state index contributed by atoms with van der Waals surface area (Å²) in [5.74, 6) is -0.359. The van der Waals surface area contributed by atoms with Crippen molar-refractivity contribution < 1.29 is 9.50 Å². The fourth-order valence-corrected chi connectivity index (χ4v) is 2.17. The number of phenols is 1. The molecule has 0 aliphatic rings. The van der Waals surface area contributed by atoms with Gasteiger partial charge in [-0.05, 0) is 40.1 Å². The highest BCUT2D eigenvalue weighted by Crippen LogP contribution is 2.25. The van der Waals surface area contributed by atoms with Crippen molar-refractivity contribution in [1.82, 2.24) is 9.80 Å². The van der Waals surface area contributed by atoms with Gasteiger partial charge in [-0.2, -0.15) is 0 Å². The van der Waals surface area contributed by atoms with E-state index >= 15 is 0 Å². The van der Waals surface area contributed by atoms with Gasteiger partial charge in [0, 0.05) is 30.8 Å². The number of nitrogens with zero attached hydrogens (tertiary/aromatic N) is 2. The molecule has 0 heterocycles. The maximum Gasteiger partial charge on any atom is 0.131 e. The van der Waals surface area contributed by atoms with E-state index in [1.165, 1.54) is 6.07 Å². The summed E-state index contributed by atoms with van der Waals surface area (Å²) in [4.78, 5) is 4.40. The van der Waals surface area contributed by atoms with Gasteiger partial charge < -0.3 is 10.0 Å². The van der Waals surface area contributed by atoms with Gasteiger partial charge in [-0.1, -0.05) is 13.0 Å². The van der Waals surface area contributed by atoms with Crippen LogP contribution in [-0.4, -0.2) is 48.6 Å². The fourth-order valence-electron chi connectivity index (χ4n) is 2.17. The quantitative estimate of drug-likeness (QED) is 0.823. The molecular formula is C15H25FN2O. The highest BCUT2D eigenvalue weighted by molar-refractivity contribution is 5.29. The molecule has 0 saturated heterocycles. The van der Waals surface area contributed by atoms with Crippen molar-refractivity contribution in [3.05, 3.63) is 29.6 Å². The number of likely N-dealkylation sites (N-methyl/N-ethyl adjacent to an activating group) is 1. The second-order valence-electron chi connectivity index (χ2n) is 5.22. The number of rotatable bonds is 7. The van der Waals surface area contributed by atoms with Gasteiger partial charge in [0.25, 0.3) is 0 Å². The Hall–Kier alpha value is -1.13. The molecule has 0 aromatic heterocycles. The van der Waals surface area contributed by atoms with Crippen LogP contribution in [0.2, 0.25) is 0 Å². The van der Waals surface area contributed by atoms with Crippen molar-refractivity contribution in [2.75, 3.05) is 33.7 Å². The van der Waals surface area contributed by atoms with E-state index in [9.17, 15) is 9.50 Å². The summed E-state index contributed by atoms with van der Waals surface area (Å²) in [6, 6.07) is 4.42. The van der Waals surface area contributed by atoms with Gasteiger partial charge in [-0.15, -0.1) is 0 Å². The summed E-state index contributed by atoms with van der Waals surface area (Å²) >= 11 is 0. The largest absolute Gasteiger partial charge is 0.508 e. The van der Waals surface area contributed by atoms with Crippen LogP contribution in [0.1, 0.15) is 31.9 Å². The topological polar surface area (TPSA) is 26.7 Å². The Morgan fingerprint density at radius 2 is 1.89 bits per heavy atom. The number of hydrogen-bond acceptors (Lipinski definition) is 3. The van der Waals surface area contributed by atoms with Gasteiger partial charge in [-0.25, -0.2) is 4.39 Å². The minimum Gasteiger partial charge on any atom is -0.508 e. The lowest BCUT2D eigenvalue weighted by atomic mass is 10.1. The molecule has 1 N–H and O–H groups in total. The summed E-state index contributed by atoms with van der Waals surface area (Å²) in [6.07, 6.45) is 1.04. The molecule has 19 heavy (non-hydrogen) atoms. The number of halogens is 1. The average Bonchev–Trinajstić information content (AvgIpc) is 2.33. The van der Waals surface area contributed by atoms with Gasteiger partial charge in [0.2, 0.25) is 0 Å². The lowest BCUT2D eigenvalue weighted by molar-refractivity contribution is 0.187. The van der Waals surface area contributed by atoms with Crippen LogP contribution in [-0.2, 0) is 0 Å². The van der Waals surface area contributed by atoms with E-state index in [0.717, 1.165) is 26.1 Å². The highest BCUT2D eigenvalue weighted by atomic mass is 19.1. The monoisotopic (exact) mass is 268 g/mol. The van der Waals surface area contributed by atoms with E-state index in [1.807, 2.05) is 21.0 Å². The Balaban J connectivity index is 2.82. The number of phenolic OH excluding ortho intramolecular Hbond substituents is 1. The maximum atomic E-state index is 13.9. The molecule has 3 nitrogen and oxygen atoms in total. The molecule has 0 spiro atoms. The van der Waals surface area contributed by atoms with Gasteiger partial charge >= 0.3 is 0 Å². The molecule has 0 bridgehead atoms. The lowest BCUT2D eigenvalue weighted by Gasteiger charge is -2.30. The normalized spacial score (nSPS) is 13.2. The van der Waals surface area contributed by atoms with E-state index in [4.69, 9.17) is 0 Å². The van der Waals surface area contributed by atoms with Crippen LogP contribution in [0.15, 0.2) is 18.2 Å². The second kappa shape index (κ2) is 7.46. The van der Waals surface area contributed by atoms with Gasteiger partial charge in [0.1, 0.15) is 11.6 Å². The van der Waals surface area contributed by atoms with Crippen molar-refractivity contribution in [3.8, 4) is 5.75 Å². The van der Waals surface area contributed by atoms with Crippen LogP contribution < -0.4 is 0 Å². The zero-order chi connectivity index (χ0) is 14.4. The molecule has 0 aliphatic heterocycles. The smallest absolute Gasteiger partial charge is 0.131 e. The van der Waals surface area contributed by atoms with Crippen LogP contribution in [0.4, 0.5) is 4.39 Å². The summed E-state index contributed by atoms with van der Waals surface area (Å²) < 4.78 is 13.9. The van der Waals surface area contributed by atoms with Crippen molar-refractivity contribution in [1.29, 1.82) is 0 Å². The molecule has 108 valence electrons. The van der Waals surface area contributed by atoms with Crippen molar-refractivity contribution in [2.45, 2.75) is 26.3 Å². The Morgan fingerprint density at radius 1 is 1.21 bits per heavy atom. The van der Waals surface area contributed by atoms with E-state index in [1.54, 1.807) is 12.1 Å². The first kappa shape index (κ1) is 15.9. The lowest BCUT2D eigenvalue weighted by Crippen LogP contribution is -2.34. The molecule has 4 heteroatoms. The summed E-state index contributed by atoms with van der Waals surface area (Å²) in [6.45, 7) is 6.94. The first-order valence-corrected chi connectivity index (χ1v) is 6.83. The molecule has 1 aromatic rings. The second-order valence-corrected chi connectivity index (χ2v) is 5.22. The zero-order valence-corrected chi connectivity index (χ0v) is 12.4. The third-order valence-corrected chi connectivity index (χ3v) is 3.33. The molecule has 1 aromatic carbocycles. The molecular weight excluding hydrogens is 243 g/mol. The average molecular weight is 268 g/mol. The summed E-state index contributed by atoms with van der Waals surface area (Å²) in [5, 5.41) is 9.28. The Kier molecular flexibility index (Phi) is 6.25. The molecule has 0 amide bonds. The predicted octanol–water partition coefficient (Wildman–Crippen LogP) is 2.87. The van der Waals surface area contributed by atoms with E-state index in [0.29, 0.717) is 5.56 Å². The molecule has 0 fully saturated rings. The van der Waals surface area contributed by atoms with E-state index < -0.39 is 0 Å². The fraction of sp³-hybridized carbons (Fsp3) is 0.600. The Bertz CT molecular complexity index is 396. The summed E-state index contributed by atoms with van der Waals surface area (Å²) in [7, 11) is 4.08. The zero-order valence-electron chi connectivity index (χ0n) is 12.4. The number of benzene rings is 1. The summed E-state index contributed by atoms with van der Waals surface area (Å²) in [5.41, 5.74) is 0.644.